The highest BCUT2D eigenvalue weighted by Crippen LogP contribution is 2.28. The van der Waals surface area contributed by atoms with Crippen LogP contribution in [0.5, 0.6) is 0 Å². The fourth-order valence-electron chi connectivity index (χ4n) is 3.68. The van der Waals surface area contributed by atoms with Crippen LogP contribution in [0.2, 0.25) is 0 Å². The maximum atomic E-state index is 12.8. The van der Waals surface area contributed by atoms with Gasteiger partial charge in [-0.25, -0.2) is 8.42 Å². The van der Waals surface area contributed by atoms with Gasteiger partial charge in [-0.1, -0.05) is 35.7 Å². The van der Waals surface area contributed by atoms with E-state index < -0.39 is 10.0 Å². The van der Waals surface area contributed by atoms with Gasteiger partial charge in [-0.15, -0.1) is 0 Å². The number of nitrogens with two attached hydrogens (primary N) is 1. The highest BCUT2D eigenvalue weighted by molar-refractivity contribution is 9.10. The zero-order valence-corrected chi connectivity index (χ0v) is 19.6. The summed E-state index contributed by atoms with van der Waals surface area (Å²) >= 11 is 3.35. The maximum Gasteiger partial charge on any atom is 0.243 e. The first-order valence-electron chi connectivity index (χ1n) is 10.5. The molecule has 2 N–H and O–H groups in total. The monoisotopic (exact) mass is 474 g/mol. The van der Waals surface area contributed by atoms with Crippen LogP contribution in [-0.4, -0.2) is 44.6 Å². The van der Waals surface area contributed by atoms with Crippen molar-refractivity contribution in [3.05, 3.63) is 28.7 Å². The Morgan fingerprint density at radius 3 is 2.39 bits per heavy atom. The third kappa shape index (κ3) is 7.10. The summed E-state index contributed by atoms with van der Waals surface area (Å²) in [6.07, 6.45) is 9.36. The van der Waals surface area contributed by atoms with Crippen LogP contribution in [0.25, 0.3) is 0 Å². The molecule has 1 saturated carbocycles. The van der Waals surface area contributed by atoms with E-state index in [0.29, 0.717) is 10.9 Å². The van der Waals surface area contributed by atoms with Gasteiger partial charge in [0.15, 0.2) is 0 Å². The molecule has 1 aromatic rings. The van der Waals surface area contributed by atoms with Gasteiger partial charge in [-0.2, -0.15) is 4.31 Å². The van der Waals surface area contributed by atoms with E-state index in [4.69, 9.17) is 10.5 Å². The molecule has 0 spiro atoms. The van der Waals surface area contributed by atoms with E-state index in [9.17, 15) is 8.42 Å². The minimum Gasteiger partial charge on any atom is -0.378 e. The number of benzene rings is 1. The lowest BCUT2D eigenvalue weighted by molar-refractivity contribution is 0.0156. The smallest absolute Gasteiger partial charge is 0.243 e. The number of hydrogen-bond acceptors (Lipinski definition) is 4. The molecule has 0 saturated heterocycles. The Bertz CT molecular complexity index is 673. The van der Waals surface area contributed by atoms with E-state index in [1.807, 2.05) is 0 Å². The molecule has 0 radical (unpaired) electrons. The lowest BCUT2D eigenvalue weighted by Gasteiger charge is -2.34. The van der Waals surface area contributed by atoms with E-state index in [0.717, 1.165) is 62.4 Å². The summed E-state index contributed by atoms with van der Waals surface area (Å²) in [7, 11) is -1.75. The second-order valence-electron chi connectivity index (χ2n) is 7.79. The SMILES string of the molecule is CCC(N)CCCCCO[C@H]1CC[C@H](N(C)S(=O)(=O)c2ccc(Br)cc2)CC1. The van der Waals surface area contributed by atoms with E-state index in [1.165, 1.54) is 6.42 Å². The average molecular weight is 475 g/mol. The van der Waals surface area contributed by atoms with E-state index in [-0.39, 0.29) is 12.1 Å². The number of unbranched alkanes of at least 4 members (excludes halogenated alkanes) is 2. The fraction of sp³-hybridized carbons (Fsp3) is 0.714. The highest BCUT2D eigenvalue weighted by atomic mass is 79.9. The summed E-state index contributed by atoms with van der Waals surface area (Å²) in [6, 6.07) is 7.21. The van der Waals surface area contributed by atoms with Crippen molar-refractivity contribution in [3.63, 3.8) is 0 Å². The van der Waals surface area contributed by atoms with Crippen LogP contribution in [0.3, 0.4) is 0 Å². The highest BCUT2D eigenvalue weighted by Gasteiger charge is 2.31. The molecular formula is C21H35BrN2O3S. The summed E-state index contributed by atoms with van der Waals surface area (Å²) in [4.78, 5) is 0.347. The molecule has 0 heterocycles. The molecule has 0 aromatic heterocycles. The molecule has 28 heavy (non-hydrogen) atoms. The van der Waals surface area contributed by atoms with Crippen LogP contribution in [-0.2, 0) is 14.8 Å². The van der Waals surface area contributed by atoms with Gasteiger partial charge in [0, 0.05) is 30.2 Å². The zero-order valence-electron chi connectivity index (χ0n) is 17.1. The predicted octanol–water partition coefficient (Wildman–Crippen LogP) is 4.70. The Kier molecular flexibility index (Phi) is 9.90. The third-order valence-electron chi connectivity index (χ3n) is 5.75. The van der Waals surface area contributed by atoms with Crippen LogP contribution in [0, 0.1) is 0 Å². The zero-order chi connectivity index (χ0) is 20.6. The van der Waals surface area contributed by atoms with Crippen LogP contribution in [0.1, 0.15) is 64.7 Å². The summed E-state index contributed by atoms with van der Waals surface area (Å²) in [5, 5.41) is 0. The lowest BCUT2D eigenvalue weighted by atomic mass is 9.93. The summed E-state index contributed by atoms with van der Waals surface area (Å²) in [5.74, 6) is 0. The molecule has 1 aromatic carbocycles. The van der Waals surface area contributed by atoms with Gasteiger partial charge in [-0.3, -0.25) is 0 Å². The number of hydrogen-bond donors (Lipinski definition) is 1. The Balaban J connectivity index is 1.70. The molecule has 0 aliphatic heterocycles. The largest absolute Gasteiger partial charge is 0.378 e. The maximum absolute atomic E-state index is 12.8. The van der Waals surface area contributed by atoms with E-state index in [1.54, 1.807) is 35.6 Å². The number of nitrogens with zero attached hydrogens (tertiary/aromatic N) is 1. The summed E-state index contributed by atoms with van der Waals surface area (Å²) in [6.45, 7) is 2.93. The van der Waals surface area contributed by atoms with Crippen molar-refractivity contribution >= 4 is 26.0 Å². The van der Waals surface area contributed by atoms with Gasteiger partial charge in [0.25, 0.3) is 0 Å². The van der Waals surface area contributed by atoms with Gasteiger partial charge < -0.3 is 10.5 Å². The van der Waals surface area contributed by atoms with Crippen molar-refractivity contribution in [2.45, 2.75) is 87.8 Å². The van der Waals surface area contributed by atoms with Crippen molar-refractivity contribution in [1.29, 1.82) is 0 Å². The Morgan fingerprint density at radius 1 is 1.14 bits per heavy atom. The molecule has 160 valence electrons. The molecule has 1 aliphatic carbocycles. The molecule has 1 aliphatic rings. The van der Waals surface area contributed by atoms with Crippen LogP contribution in [0.4, 0.5) is 0 Å². The minimum absolute atomic E-state index is 0.0454. The number of ether oxygens (including phenoxy) is 1. The molecule has 7 heteroatoms. The van der Waals surface area contributed by atoms with Crippen LogP contribution >= 0.6 is 15.9 Å². The van der Waals surface area contributed by atoms with Gasteiger partial charge in [0.1, 0.15) is 0 Å². The van der Waals surface area contributed by atoms with Crippen molar-refractivity contribution in [2.75, 3.05) is 13.7 Å². The number of rotatable bonds is 11. The second kappa shape index (κ2) is 11.6. The minimum atomic E-state index is -3.45. The fourth-order valence-corrected chi connectivity index (χ4v) is 5.36. The van der Waals surface area contributed by atoms with Gasteiger partial charge in [0.2, 0.25) is 10.0 Å². The molecule has 2 rings (SSSR count). The van der Waals surface area contributed by atoms with E-state index in [2.05, 4.69) is 22.9 Å². The Hall–Kier alpha value is -0.470. The van der Waals surface area contributed by atoms with Crippen molar-refractivity contribution in [3.8, 4) is 0 Å². The lowest BCUT2D eigenvalue weighted by Crippen LogP contribution is -2.40. The quantitative estimate of drug-likeness (QED) is 0.471. The molecule has 1 atom stereocenters. The number of sulfonamides is 1. The number of halogens is 1. The topological polar surface area (TPSA) is 72.6 Å². The first-order chi connectivity index (χ1) is 13.3. The Morgan fingerprint density at radius 2 is 1.79 bits per heavy atom. The van der Waals surface area contributed by atoms with E-state index >= 15 is 0 Å². The van der Waals surface area contributed by atoms with Gasteiger partial charge >= 0.3 is 0 Å². The molecule has 0 bridgehead atoms. The van der Waals surface area contributed by atoms with Crippen LogP contribution < -0.4 is 5.73 Å². The average Bonchev–Trinajstić information content (AvgIpc) is 2.70. The van der Waals surface area contributed by atoms with Crippen molar-refractivity contribution in [1.82, 2.24) is 4.31 Å². The molecule has 1 fully saturated rings. The second-order valence-corrected chi connectivity index (χ2v) is 10.7. The summed E-state index contributed by atoms with van der Waals surface area (Å²) < 4.78 is 34.1. The molecular weight excluding hydrogens is 440 g/mol. The molecule has 0 amide bonds. The van der Waals surface area contributed by atoms with Gasteiger partial charge in [-0.05, 0) is 69.2 Å². The standard InChI is InChI=1S/C21H35BrN2O3S/c1-3-18(23)7-5-4-6-16-27-20-12-10-19(11-13-20)24(2)28(25,26)21-14-8-17(22)9-15-21/h8-9,14-15,18-20H,3-7,10-13,16,23H2,1-2H3/t18?,19-,20-. The van der Waals surface area contributed by atoms with Crippen molar-refractivity contribution in [2.24, 2.45) is 5.73 Å². The Labute approximate surface area is 179 Å². The summed E-state index contributed by atoms with van der Waals surface area (Å²) in [5.41, 5.74) is 5.94. The predicted molar refractivity (Wildman–Crippen MR) is 118 cm³/mol. The van der Waals surface area contributed by atoms with Crippen molar-refractivity contribution < 1.29 is 13.2 Å². The van der Waals surface area contributed by atoms with Crippen LogP contribution in [0.15, 0.2) is 33.6 Å². The normalized spacial score (nSPS) is 21.8. The molecule has 5 nitrogen and oxygen atoms in total. The van der Waals surface area contributed by atoms with Gasteiger partial charge in [0.05, 0.1) is 11.0 Å². The third-order valence-corrected chi connectivity index (χ3v) is 8.20. The first kappa shape index (κ1) is 23.8. The first-order valence-corrected chi connectivity index (χ1v) is 12.7. The molecule has 1 unspecified atom stereocenters.